The van der Waals surface area contributed by atoms with E-state index >= 15 is 0 Å². The second kappa shape index (κ2) is 7.42. The first-order valence-electron chi connectivity index (χ1n) is 8.49. The van der Waals surface area contributed by atoms with E-state index in [1.807, 2.05) is 0 Å². The van der Waals surface area contributed by atoms with Crippen molar-refractivity contribution in [1.82, 2.24) is 10.2 Å². The molecule has 0 aromatic heterocycles. The molecular formula is C19H32N2. The van der Waals surface area contributed by atoms with E-state index in [1.165, 1.54) is 49.7 Å². The molecule has 2 nitrogen and oxygen atoms in total. The lowest BCUT2D eigenvalue weighted by Gasteiger charge is -2.46. The third-order valence-electron chi connectivity index (χ3n) is 5.38. The van der Waals surface area contributed by atoms with Gasteiger partial charge in [0, 0.05) is 11.6 Å². The van der Waals surface area contributed by atoms with Gasteiger partial charge in [-0.05, 0) is 52.9 Å². The first-order chi connectivity index (χ1) is 10.1. The highest BCUT2D eigenvalue weighted by Gasteiger charge is 2.40. The Balaban J connectivity index is 2.23. The molecule has 1 fully saturated rings. The van der Waals surface area contributed by atoms with Crippen molar-refractivity contribution in [2.45, 2.75) is 63.5 Å². The molecule has 1 aromatic carbocycles. The van der Waals surface area contributed by atoms with Crippen LogP contribution >= 0.6 is 0 Å². The summed E-state index contributed by atoms with van der Waals surface area (Å²) in [4.78, 5) is 2.50. The zero-order chi connectivity index (χ0) is 15.3. The van der Waals surface area contributed by atoms with Crippen molar-refractivity contribution in [3.05, 3.63) is 35.4 Å². The molecular weight excluding hydrogens is 256 g/mol. The zero-order valence-electron chi connectivity index (χ0n) is 14.3. The average Bonchev–Trinajstić information content (AvgIpc) is 2.71. The second-order valence-electron chi connectivity index (χ2n) is 6.95. The Kier molecular flexibility index (Phi) is 5.83. The molecule has 1 saturated carbocycles. The topological polar surface area (TPSA) is 15.3 Å². The van der Waals surface area contributed by atoms with E-state index in [1.54, 1.807) is 0 Å². The van der Waals surface area contributed by atoms with Crippen molar-refractivity contribution in [3.63, 3.8) is 0 Å². The number of hydrogen-bond donors (Lipinski definition) is 1. The summed E-state index contributed by atoms with van der Waals surface area (Å²) in [6, 6.07) is 9.51. The molecule has 1 atom stereocenters. The zero-order valence-corrected chi connectivity index (χ0v) is 14.3. The molecule has 1 aliphatic carbocycles. The Morgan fingerprint density at radius 1 is 1.14 bits per heavy atom. The first kappa shape index (κ1) is 16.5. The van der Waals surface area contributed by atoms with E-state index in [9.17, 15) is 0 Å². The van der Waals surface area contributed by atoms with Crippen molar-refractivity contribution < 1.29 is 0 Å². The fourth-order valence-electron chi connectivity index (χ4n) is 4.08. The van der Waals surface area contributed by atoms with Crippen LogP contribution in [0.2, 0.25) is 0 Å². The molecule has 1 N–H and O–H groups in total. The van der Waals surface area contributed by atoms with Crippen LogP contribution in [0.25, 0.3) is 0 Å². The molecule has 2 heteroatoms. The molecule has 0 amide bonds. The molecule has 0 spiro atoms. The van der Waals surface area contributed by atoms with Gasteiger partial charge in [-0.3, -0.25) is 0 Å². The predicted octanol–water partition coefficient (Wildman–Crippen LogP) is 3.78. The molecule has 0 bridgehead atoms. The van der Waals surface area contributed by atoms with Gasteiger partial charge in [-0.1, -0.05) is 55.5 Å². The van der Waals surface area contributed by atoms with Gasteiger partial charge < -0.3 is 10.2 Å². The van der Waals surface area contributed by atoms with E-state index in [-0.39, 0.29) is 0 Å². The largest absolute Gasteiger partial charge is 0.315 e. The van der Waals surface area contributed by atoms with Gasteiger partial charge in [0.2, 0.25) is 0 Å². The standard InChI is InChI=1S/C19H32N2/c1-16-10-9-11-17(14-16)15-18(20-2)19(21(3)4)12-7-5-6-8-13-19/h9-11,14,18,20H,5-8,12-13,15H2,1-4H3. The smallest absolute Gasteiger partial charge is 0.0359 e. The van der Waals surface area contributed by atoms with Gasteiger partial charge in [-0.2, -0.15) is 0 Å². The van der Waals surface area contributed by atoms with Crippen LogP contribution in [0.3, 0.4) is 0 Å². The van der Waals surface area contributed by atoms with Crippen molar-refractivity contribution in [2.75, 3.05) is 21.1 Å². The molecule has 1 aromatic rings. The van der Waals surface area contributed by atoms with Crippen molar-refractivity contribution in [2.24, 2.45) is 0 Å². The number of aryl methyl sites for hydroxylation is 1. The van der Waals surface area contributed by atoms with Crippen LogP contribution < -0.4 is 5.32 Å². The quantitative estimate of drug-likeness (QED) is 0.830. The number of benzene rings is 1. The van der Waals surface area contributed by atoms with Crippen LogP contribution in [0.5, 0.6) is 0 Å². The lowest BCUT2D eigenvalue weighted by molar-refractivity contribution is 0.0835. The summed E-state index contributed by atoms with van der Waals surface area (Å²) in [5.74, 6) is 0. The molecule has 0 aliphatic heterocycles. The van der Waals surface area contributed by atoms with Crippen LogP contribution in [0.15, 0.2) is 24.3 Å². The summed E-state index contributed by atoms with van der Waals surface area (Å²) in [6.07, 6.45) is 9.28. The van der Waals surface area contributed by atoms with Crippen molar-refractivity contribution in [1.29, 1.82) is 0 Å². The Morgan fingerprint density at radius 3 is 2.33 bits per heavy atom. The minimum absolute atomic E-state index is 0.301. The molecule has 1 unspecified atom stereocenters. The summed E-state index contributed by atoms with van der Waals surface area (Å²) in [5.41, 5.74) is 3.12. The highest BCUT2D eigenvalue weighted by atomic mass is 15.2. The van der Waals surface area contributed by atoms with Gasteiger partial charge >= 0.3 is 0 Å². The van der Waals surface area contributed by atoms with Gasteiger partial charge in [-0.15, -0.1) is 0 Å². The van der Waals surface area contributed by atoms with E-state index in [4.69, 9.17) is 0 Å². The fraction of sp³-hybridized carbons (Fsp3) is 0.684. The van der Waals surface area contributed by atoms with Crippen molar-refractivity contribution in [3.8, 4) is 0 Å². The van der Waals surface area contributed by atoms with Gasteiger partial charge in [0.25, 0.3) is 0 Å². The molecule has 2 rings (SSSR count). The second-order valence-corrected chi connectivity index (χ2v) is 6.95. The van der Waals surface area contributed by atoms with Crippen LogP contribution in [-0.4, -0.2) is 37.6 Å². The molecule has 0 radical (unpaired) electrons. The molecule has 0 heterocycles. The first-order valence-corrected chi connectivity index (χ1v) is 8.49. The van der Waals surface area contributed by atoms with E-state index < -0.39 is 0 Å². The van der Waals surface area contributed by atoms with Crippen LogP contribution in [-0.2, 0) is 6.42 Å². The maximum atomic E-state index is 3.65. The Labute approximate surface area is 130 Å². The third kappa shape index (κ3) is 3.87. The number of rotatable bonds is 5. The van der Waals surface area contributed by atoms with Gasteiger partial charge in [0.15, 0.2) is 0 Å². The average molecular weight is 288 g/mol. The molecule has 118 valence electrons. The minimum atomic E-state index is 0.301. The molecule has 1 aliphatic rings. The normalized spacial score (nSPS) is 20.2. The fourth-order valence-corrected chi connectivity index (χ4v) is 4.08. The summed E-state index contributed by atoms with van der Waals surface area (Å²) in [7, 11) is 6.68. The minimum Gasteiger partial charge on any atom is -0.315 e. The summed E-state index contributed by atoms with van der Waals surface area (Å²) in [6.45, 7) is 2.19. The van der Waals surface area contributed by atoms with E-state index in [2.05, 4.69) is 62.5 Å². The molecule has 21 heavy (non-hydrogen) atoms. The van der Waals surface area contributed by atoms with Gasteiger partial charge in [0.1, 0.15) is 0 Å². The maximum Gasteiger partial charge on any atom is 0.0359 e. The third-order valence-corrected chi connectivity index (χ3v) is 5.38. The lowest BCUT2D eigenvalue weighted by Crippen LogP contribution is -2.59. The monoisotopic (exact) mass is 288 g/mol. The number of nitrogens with one attached hydrogen (secondary N) is 1. The van der Waals surface area contributed by atoms with Gasteiger partial charge in [0.05, 0.1) is 0 Å². The highest BCUT2D eigenvalue weighted by molar-refractivity contribution is 5.24. The summed E-state index contributed by atoms with van der Waals surface area (Å²) in [5, 5.41) is 3.65. The number of hydrogen-bond acceptors (Lipinski definition) is 2. The maximum absolute atomic E-state index is 3.65. The Morgan fingerprint density at radius 2 is 1.81 bits per heavy atom. The predicted molar refractivity (Wildman–Crippen MR) is 91.9 cm³/mol. The number of nitrogens with zero attached hydrogens (tertiary/aromatic N) is 1. The van der Waals surface area contributed by atoms with E-state index in [0.717, 1.165) is 6.42 Å². The summed E-state index contributed by atoms with van der Waals surface area (Å²) >= 11 is 0. The van der Waals surface area contributed by atoms with Crippen LogP contribution in [0, 0.1) is 6.92 Å². The molecule has 0 saturated heterocycles. The SMILES string of the molecule is CNC(Cc1cccc(C)c1)C1(N(C)C)CCCCCC1. The van der Waals surface area contributed by atoms with Gasteiger partial charge in [-0.25, -0.2) is 0 Å². The summed E-state index contributed by atoms with van der Waals surface area (Å²) < 4.78 is 0. The lowest BCUT2D eigenvalue weighted by atomic mass is 9.78. The van der Waals surface area contributed by atoms with Crippen LogP contribution in [0.4, 0.5) is 0 Å². The highest BCUT2D eigenvalue weighted by Crippen LogP contribution is 2.35. The Bertz CT molecular complexity index is 431. The van der Waals surface area contributed by atoms with Crippen molar-refractivity contribution >= 4 is 0 Å². The van der Waals surface area contributed by atoms with E-state index in [0.29, 0.717) is 11.6 Å². The van der Waals surface area contributed by atoms with Crippen LogP contribution in [0.1, 0.15) is 49.7 Å². The Hall–Kier alpha value is -0.860. The number of likely N-dealkylation sites (N-methyl/N-ethyl adjacent to an activating group) is 2.